The predicted octanol–water partition coefficient (Wildman–Crippen LogP) is 2.98. The number of thiazole rings is 1. The van der Waals surface area contributed by atoms with Gasteiger partial charge in [0.25, 0.3) is 0 Å². The molecule has 7 atom stereocenters. The minimum Gasteiger partial charge on any atom is -0.508 e. The number of hydrogen-bond donors (Lipinski definition) is 2. The van der Waals surface area contributed by atoms with Crippen LogP contribution in [0.1, 0.15) is 22.8 Å². The number of fused-ring (bicyclic) bond motifs is 9. The first-order valence-electron chi connectivity index (χ1n) is 9.07. The van der Waals surface area contributed by atoms with E-state index in [0.717, 1.165) is 27.7 Å². The minimum absolute atomic E-state index is 0.0137. The van der Waals surface area contributed by atoms with E-state index in [0.29, 0.717) is 10.6 Å². The number of rotatable bonds is 1. The Kier molecular flexibility index (Phi) is 3.45. The van der Waals surface area contributed by atoms with Crippen LogP contribution >= 0.6 is 34.7 Å². The van der Waals surface area contributed by atoms with Gasteiger partial charge in [0.1, 0.15) is 5.75 Å². The van der Waals surface area contributed by atoms with Gasteiger partial charge in [0.05, 0.1) is 16.9 Å². The lowest BCUT2D eigenvalue weighted by Gasteiger charge is -2.42. The smallest absolute Gasteiger partial charge is 0.317 e. The van der Waals surface area contributed by atoms with Crippen LogP contribution < -0.4 is 4.87 Å². The number of carbonyl (C=O) groups excluding carboxylic acids is 2. The highest BCUT2D eigenvalue weighted by Crippen LogP contribution is 2.68. The molecular weight excluding hydrogens is 422 g/mol. The largest absolute Gasteiger partial charge is 0.508 e. The maximum Gasteiger partial charge on any atom is 0.317 e. The van der Waals surface area contributed by atoms with Crippen molar-refractivity contribution < 1.29 is 19.4 Å². The quantitative estimate of drug-likeness (QED) is 0.528. The fourth-order valence-electron chi connectivity index (χ4n) is 5.94. The molecule has 28 heavy (non-hydrogen) atoms. The van der Waals surface area contributed by atoms with Crippen molar-refractivity contribution in [2.24, 2.45) is 29.6 Å². The first kappa shape index (κ1) is 17.1. The third-order valence-electron chi connectivity index (χ3n) is 6.78. The van der Waals surface area contributed by atoms with Crippen LogP contribution in [0.4, 0.5) is 0 Å². The summed E-state index contributed by atoms with van der Waals surface area (Å²) in [6.07, 6.45) is 0.787. The number of esters is 2. The average Bonchev–Trinajstić information content (AvgIpc) is 3.36. The van der Waals surface area contributed by atoms with E-state index in [-0.39, 0.29) is 45.5 Å². The van der Waals surface area contributed by atoms with Gasteiger partial charge >= 0.3 is 16.8 Å². The van der Waals surface area contributed by atoms with E-state index in [1.54, 1.807) is 30.0 Å². The van der Waals surface area contributed by atoms with E-state index in [1.165, 1.54) is 0 Å². The second-order valence-electron chi connectivity index (χ2n) is 7.90. The molecule has 0 radical (unpaired) electrons. The number of aromatic amines is 1. The summed E-state index contributed by atoms with van der Waals surface area (Å²) < 4.78 is 4.96. The highest BCUT2D eigenvalue weighted by Gasteiger charge is 2.69. The van der Waals surface area contributed by atoms with Crippen LogP contribution in [-0.4, -0.2) is 27.3 Å². The molecule has 6 rings (SSSR count). The van der Waals surface area contributed by atoms with Crippen LogP contribution in [0, 0.1) is 29.6 Å². The normalized spacial score (nSPS) is 37.5. The van der Waals surface area contributed by atoms with Gasteiger partial charge in [0, 0.05) is 26.6 Å². The number of halogens is 1. The van der Waals surface area contributed by atoms with Crippen molar-refractivity contribution >= 4 is 46.6 Å². The lowest BCUT2D eigenvalue weighted by Crippen LogP contribution is -2.42. The zero-order chi connectivity index (χ0) is 19.3. The molecule has 2 aromatic rings. The van der Waals surface area contributed by atoms with Crippen LogP contribution in [-0.2, 0) is 14.3 Å². The number of phenolic OH excluding ortho intramolecular Hbond substituents is 1. The van der Waals surface area contributed by atoms with Crippen LogP contribution in [0.3, 0.4) is 0 Å². The number of hydrogen-bond acceptors (Lipinski definition) is 7. The summed E-state index contributed by atoms with van der Waals surface area (Å²) in [5, 5.41) is 12.0. The number of cyclic esters (lactones) is 2. The molecule has 2 N–H and O–H groups in total. The molecular formula is C19H14ClNO5S2. The maximum atomic E-state index is 12.4. The van der Waals surface area contributed by atoms with Crippen molar-refractivity contribution in [2.75, 3.05) is 0 Å². The third-order valence-corrected chi connectivity index (χ3v) is 9.61. The number of carbonyl (C=O) groups is 2. The van der Waals surface area contributed by atoms with Gasteiger partial charge in [0.2, 0.25) is 0 Å². The van der Waals surface area contributed by atoms with Gasteiger partial charge < -0.3 is 14.8 Å². The van der Waals surface area contributed by atoms with Crippen molar-refractivity contribution in [3.05, 3.63) is 43.3 Å². The monoisotopic (exact) mass is 435 g/mol. The summed E-state index contributed by atoms with van der Waals surface area (Å²) in [5.74, 6) is -1.71. The molecule has 2 aliphatic heterocycles. The first-order valence-corrected chi connectivity index (χ1v) is 11.1. The Bertz CT molecular complexity index is 1110. The molecule has 2 aliphatic carbocycles. The highest BCUT2D eigenvalue weighted by atomic mass is 35.5. The second-order valence-corrected chi connectivity index (χ2v) is 10.5. The lowest BCUT2D eigenvalue weighted by molar-refractivity contribution is -0.154. The van der Waals surface area contributed by atoms with Crippen molar-refractivity contribution in [1.29, 1.82) is 0 Å². The van der Waals surface area contributed by atoms with E-state index < -0.39 is 17.9 Å². The van der Waals surface area contributed by atoms with Gasteiger partial charge in [-0.15, -0.1) is 11.8 Å². The molecule has 144 valence electrons. The van der Waals surface area contributed by atoms with Gasteiger partial charge in [-0.2, -0.15) is 0 Å². The second kappa shape index (κ2) is 5.64. The molecule has 6 nitrogen and oxygen atoms in total. The zero-order valence-corrected chi connectivity index (χ0v) is 16.6. The number of aromatic hydroxyl groups is 1. The van der Waals surface area contributed by atoms with Gasteiger partial charge in [-0.25, -0.2) is 0 Å². The fraction of sp³-hybridized carbons (Fsp3) is 0.421. The lowest BCUT2D eigenvalue weighted by atomic mass is 9.68. The number of ether oxygens (including phenoxy) is 1. The summed E-state index contributed by atoms with van der Waals surface area (Å²) >= 11 is 8.96. The zero-order valence-electron chi connectivity index (χ0n) is 14.3. The Labute approximate surface area is 172 Å². The van der Waals surface area contributed by atoms with Crippen LogP contribution in [0.5, 0.6) is 5.75 Å². The van der Waals surface area contributed by atoms with Crippen molar-refractivity contribution in [3.8, 4) is 5.75 Å². The Morgan fingerprint density at radius 2 is 1.89 bits per heavy atom. The standard InChI is InChI=1S/C19H14ClNO5S2/c20-5-1-2-9(22)6(3-5)10-11-7-4-8(13-12(7)17(23)26-18(13)24)14(11)27-16-15(10)28-19(25)21-16/h1-3,7-8,10-14,22H,4H2,(H,21,25)/t7-,8+,10+,11-,12+,13+,14-/m0/s1. The number of thioether (sulfide) groups is 1. The van der Waals surface area contributed by atoms with Gasteiger partial charge in [0.15, 0.2) is 0 Å². The number of aromatic nitrogens is 1. The Morgan fingerprint density at radius 3 is 2.68 bits per heavy atom. The molecule has 1 saturated heterocycles. The molecule has 1 aromatic carbocycles. The first-order chi connectivity index (χ1) is 13.4. The highest BCUT2D eigenvalue weighted by molar-refractivity contribution is 8.00. The van der Waals surface area contributed by atoms with Crippen LogP contribution in [0.2, 0.25) is 5.02 Å². The van der Waals surface area contributed by atoms with Crippen LogP contribution in [0.15, 0.2) is 28.0 Å². The summed E-state index contributed by atoms with van der Waals surface area (Å²) in [4.78, 5) is 40.4. The third kappa shape index (κ3) is 2.08. The van der Waals surface area contributed by atoms with Crippen molar-refractivity contribution in [1.82, 2.24) is 4.98 Å². The summed E-state index contributed by atoms with van der Waals surface area (Å²) in [6, 6.07) is 4.93. The minimum atomic E-state index is -0.423. The maximum absolute atomic E-state index is 12.4. The van der Waals surface area contributed by atoms with E-state index in [9.17, 15) is 19.5 Å². The molecule has 4 aliphatic rings. The molecule has 0 amide bonds. The van der Waals surface area contributed by atoms with E-state index in [2.05, 4.69) is 4.98 Å². The Hall–Kier alpha value is -1.77. The van der Waals surface area contributed by atoms with Crippen LogP contribution in [0.25, 0.3) is 0 Å². The van der Waals surface area contributed by atoms with Gasteiger partial charge in [-0.1, -0.05) is 22.9 Å². The van der Waals surface area contributed by atoms with E-state index >= 15 is 0 Å². The summed E-state index contributed by atoms with van der Waals surface area (Å²) in [7, 11) is 0. The van der Waals surface area contributed by atoms with Crippen molar-refractivity contribution in [3.63, 3.8) is 0 Å². The van der Waals surface area contributed by atoms with Gasteiger partial charge in [-0.3, -0.25) is 14.4 Å². The molecule has 2 bridgehead atoms. The van der Waals surface area contributed by atoms with E-state index in [4.69, 9.17) is 16.3 Å². The number of phenols is 1. The predicted molar refractivity (Wildman–Crippen MR) is 103 cm³/mol. The molecule has 0 unspecified atom stereocenters. The Balaban J connectivity index is 1.55. The number of nitrogens with one attached hydrogen (secondary N) is 1. The molecule has 9 heteroatoms. The summed E-state index contributed by atoms with van der Waals surface area (Å²) in [5.41, 5.74) is 0.668. The van der Waals surface area contributed by atoms with E-state index in [1.807, 2.05) is 0 Å². The molecule has 1 aromatic heterocycles. The summed E-state index contributed by atoms with van der Waals surface area (Å²) in [6.45, 7) is 0. The molecule has 0 spiro atoms. The van der Waals surface area contributed by atoms with Gasteiger partial charge in [-0.05, 0) is 42.4 Å². The van der Waals surface area contributed by atoms with Crippen molar-refractivity contribution in [2.45, 2.75) is 22.6 Å². The average molecular weight is 436 g/mol. The Morgan fingerprint density at radius 1 is 1.14 bits per heavy atom. The molecule has 3 heterocycles. The number of benzene rings is 1. The fourth-order valence-corrected chi connectivity index (χ4v) is 9.00. The number of H-pyrrole nitrogens is 1. The molecule has 3 fully saturated rings. The molecule has 2 saturated carbocycles. The SMILES string of the molecule is O=C1OC(=O)[C@@H]2[C@H]3C[C@H]([C@@H]12)[C@H]1[C@@H](c2cc(Cl)ccc2O)c2sc(=O)[nH]c2S[C@@H]31. The topological polar surface area (TPSA) is 96.5 Å².